The molecular weight excluding hydrogens is 284 g/mol. The molecule has 1 aliphatic rings. The Balaban J connectivity index is 1.76. The van der Waals surface area contributed by atoms with Crippen LogP contribution in [0.15, 0.2) is 36.5 Å². The first kappa shape index (κ1) is 14.2. The zero-order valence-corrected chi connectivity index (χ0v) is 12.9. The van der Waals surface area contributed by atoms with Gasteiger partial charge in [0.15, 0.2) is 0 Å². The van der Waals surface area contributed by atoms with Gasteiger partial charge < -0.3 is 9.64 Å². The Hall–Kier alpha value is -1.74. The van der Waals surface area contributed by atoms with E-state index in [1.807, 2.05) is 12.1 Å². The minimum atomic E-state index is 0.543. The molecule has 1 aromatic carbocycles. The normalized spacial score (nSPS) is 13.9. The number of fused-ring (bicyclic) bond motifs is 1. The van der Waals surface area contributed by atoms with Gasteiger partial charge in [0.25, 0.3) is 0 Å². The molecule has 3 nitrogen and oxygen atoms in total. The van der Waals surface area contributed by atoms with Crippen molar-refractivity contribution < 1.29 is 4.74 Å². The summed E-state index contributed by atoms with van der Waals surface area (Å²) in [6.07, 6.45) is 3.82. The van der Waals surface area contributed by atoms with Gasteiger partial charge in [-0.15, -0.1) is 0 Å². The SMILES string of the molecule is CCCOc1ccc2c(c1)CCN(c1ccnc(Cl)c1)C2. The molecule has 0 saturated heterocycles. The summed E-state index contributed by atoms with van der Waals surface area (Å²) in [7, 11) is 0. The third-order valence-electron chi connectivity index (χ3n) is 3.74. The lowest BCUT2D eigenvalue weighted by Gasteiger charge is -2.31. The zero-order valence-electron chi connectivity index (χ0n) is 12.2. The molecule has 0 unspecified atom stereocenters. The van der Waals surface area contributed by atoms with Crippen molar-refractivity contribution in [2.75, 3.05) is 18.1 Å². The third-order valence-corrected chi connectivity index (χ3v) is 3.94. The maximum absolute atomic E-state index is 5.98. The van der Waals surface area contributed by atoms with E-state index < -0.39 is 0 Å². The summed E-state index contributed by atoms with van der Waals surface area (Å²) >= 11 is 5.98. The van der Waals surface area contributed by atoms with Gasteiger partial charge in [-0.25, -0.2) is 4.98 Å². The Morgan fingerprint density at radius 1 is 1.24 bits per heavy atom. The van der Waals surface area contributed by atoms with Gasteiger partial charge in [0.1, 0.15) is 10.9 Å². The van der Waals surface area contributed by atoms with Crippen molar-refractivity contribution in [1.82, 2.24) is 4.98 Å². The average molecular weight is 303 g/mol. The fraction of sp³-hybridized carbons (Fsp3) is 0.353. The van der Waals surface area contributed by atoms with Gasteiger partial charge in [-0.1, -0.05) is 24.6 Å². The lowest BCUT2D eigenvalue weighted by atomic mass is 9.99. The van der Waals surface area contributed by atoms with Gasteiger partial charge in [-0.2, -0.15) is 0 Å². The van der Waals surface area contributed by atoms with E-state index in [1.165, 1.54) is 11.1 Å². The Bertz CT molecular complexity index is 630. The Labute approximate surface area is 130 Å². The molecule has 2 heterocycles. The maximum Gasteiger partial charge on any atom is 0.131 e. The van der Waals surface area contributed by atoms with Crippen molar-refractivity contribution >= 4 is 17.3 Å². The number of nitrogens with zero attached hydrogens (tertiary/aromatic N) is 2. The van der Waals surface area contributed by atoms with Gasteiger partial charge in [0.05, 0.1) is 6.61 Å². The van der Waals surface area contributed by atoms with E-state index in [9.17, 15) is 0 Å². The summed E-state index contributed by atoms with van der Waals surface area (Å²) in [5.74, 6) is 0.982. The molecule has 3 rings (SSSR count). The highest BCUT2D eigenvalue weighted by Crippen LogP contribution is 2.28. The molecule has 0 spiro atoms. The molecular formula is C17H19ClN2O. The number of aromatic nitrogens is 1. The third kappa shape index (κ3) is 3.30. The van der Waals surface area contributed by atoms with E-state index >= 15 is 0 Å². The quantitative estimate of drug-likeness (QED) is 0.796. The second-order valence-corrected chi connectivity index (χ2v) is 5.67. The Morgan fingerprint density at radius 2 is 2.14 bits per heavy atom. The molecule has 0 atom stereocenters. The lowest BCUT2D eigenvalue weighted by molar-refractivity contribution is 0.317. The van der Waals surface area contributed by atoms with E-state index in [0.717, 1.165) is 44.0 Å². The number of hydrogen-bond acceptors (Lipinski definition) is 3. The summed E-state index contributed by atoms with van der Waals surface area (Å²) in [6, 6.07) is 10.4. The van der Waals surface area contributed by atoms with Crippen molar-refractivity contribution in [2.45, 2.75) is 26.3 Å². The van der Waals surface area contributed by atoms with Gasteiger partial charge >= 0.3 is 0 Å². The first-order chi connectivity index (χ1) is 10.3. The second kappa shape index (κ2) is 6.35. The molecule has 0 aliphatic carbocycles. The predicted molar refractivity (Wildman–Crippen MR) is 86.2 cm³/mol. The zero-order chi connectivity index (χ0) is 14.7. The average Bonchev–Trinajstić information content (AvgIpc) is 2.52. The fourth-order valence-electron chi connectivity index (χ4n) is 2.65. The summed E-state index contributed by atoms with van der Waals surface area (Å²) in [5, 5.41) is 0.543. The smallest absolute Gasteiger partial charge is 0.131 e. The van der Waals surface area contributed by atoms with Crippen LogP contribution in [0.5, 0.6) is 5.75 Å². The highest BCUT2D eigenvalue weighted by Gasteiger charge is 2.17. The molecule has 0 saturated carbocycles. The number of anilines is 1. The molecule has 2 aromatic rings. The van der Waals surface area contributed by atoms with E-state index in [4.69, 9.17) is 16.3 Å². The molecule has 1 aromatic heterocycles. The first-order valence-electron chi connectivity index (χ1n) is 7.37. The minimum absolute atomic E-state index is 0.543. The number of ether oxygens (including phenoxy) is 1. The number of hydrogen-bond donors (Lipinski definition) is 0. The van der Waals surface area contributed by atoms with Crippen LogP contribution in [0.2, 0.25) is 5.15 Å². The second-order valence-electron chi connectivity index (χ2n) is 5.29. The summed E-state index contributed by atoms with van der Waals surface area (Å²) < 4.78 is 5.71. The monoisotopic (exact) mass is 302 g/mol. The van der Waals surface area contributed by atoms with Crippen molar-refractivity contribution in [2.24, 2.45) is 0 Å². The number of benzene rings is 1. The molecule has 4 heteroatoms. The van der Waals surface area contributed by atoms with Gasteiger partial charge in [-0.05, 0) is 48.2 Å². The van der Waals surface area contributed by atoms with Crippen LogP contribution in [0.3, 0.4) is 0 Å². The van der Waals surface area contributed by atoms with Crippen molar-refractivity contribution in [3.63, 3.8) is 0 Å². The molecule has 110 valence electrons. The van der Waals surface area contributed by atoms with Crippen LogP contribution in [-0.4, -0.2) is 18.1 Å². The molecule has 0 fully saturated rings. The number of rotatable bonds is 4. The van der Waals surface area contributed by atoms with Crippen molar-refractivity contribution in [3.8, 4) is 5.75 Å². The van der Waals surface area contributed by atoms with Crippen LogP contribution >= 0.6 is 11.6 Å². The van der Waals surface area contributed by atoms with Gasteiger partial charge in [-0.3, -0.25) is 0 Å². The van der Waals surface area contributed by atoms with E-state index in [-0.39, 0.29) is 0 Å². The maximum atomic E-state index is 5.98. The van der Waals surface area contributed by atoms with Crippen LogP contribution in [0, 0.1) is 0 Å². The first-order valence-corrected chi connectivity index (χ1v) is 7.75. The van der Waals surface area contributed by atoms with Crippen molar-refractivity contribution in [3.05, 3.63) is 52.8 Å². The number of pyridine rings is 1. The summed E-state index contributed by atoms with van der Waals surface area (Å²) in [4.78, 5) is 6.38. The van der Waals surface area contributed by atoms with Crippen LogP contribution in [0.1, 0.15) is 24.5 Å². The fourth-order valence-corrected chi connectivity index (χ4v) is 2.82. The van der Waals surface area contributed by atoms with Crippen LogP contribution in [-0.2, 0) is 13.0 Å². The van der Waals surface area contributed by atoms with E-state index in [2.05, 4.69) is 35.0 Å². The Kier molecular flexibility index (Phi) is 4.30. The van der Waals surface area contributed by atoms with Gasteiger partial charge in [0.2, 0.25) is 0 Å². The molecule has 0 amide bonds. The summed E-state index contributed by atoms with van der Waals surface area (Å²) in [6.45, 7) is 4.80. The topological polar surface area (TPSA) is 25.4 Å². The van der Waals surface area contributed by atoms with Gasteiger partial charge in [0, 0.05) is 25.0 Å². The van der Waals surface area contributed by atoms with Crippen LogP contribution in [0.4, 0.5) is 5.69 Å². The summed E-state index contributed by atoms with van der Waals surface area (Å²) in [5.41, 5.74) is 3.88. The van der Waals surface area contributed by atoms with E-state index in [0.29, 0.717) is 5.15 Å². The number of halogens is 1. The van der Waals surface area contributed by atoms with Crippen LogP contribution in [0.25, 0.3) is 0 Å². The molecule has 21 heavy (non-hydrogen) atoms. The standard InChI is InChI=1S/C17H19ClN2O/c1-2-9-21-16-4-3-14-12-20(8-6-13(14)10-16)15-5-7-19-17(18)11-15/h3-5,7,10-11H,2,6,8-9,12H2,1H3. The predicted octanol–water partition coefficient (Wildman–Crippen LogP) is 4.09. The van der Waals surface area contributed by atoms with Crippen molar-refractivity contribution in [1.29, 1.82) is 0 Å². The Morgan fingerprint density at radius 3 is 2.95 bits per heavy atom. The van der Waals surface area contributed by atoms with E-state index in [1.54, 1.807) is 6.20 Å². The molecule has 0 bridgehead atoms. The highest BCUT2D eigenvalue weighted by molar-refractivity contribution is 6.29. The van der Waals surface area contributed by atoms with Crippen LogP contribution < -0.4 is 9.64 Å². The highest BCUT2D eigenvalue weighted by atomic mass is 35.5. The molecule has 0 N–H and O–H groups in total. The minimum Gasteiger partial charge on any atom is -0.494 e. The molecule has 0 radical (unpaired) electrons. The lowest BCUT2D eigenvalue weighted by Crippen LogP contribution is -2.30. The largest absolute Gasteiger partial charge is 0.494 e. The molecule has 1 aliphatic heterocycles.